The molecule has 0 bridgehead atoms. The molecule has 1 heterocycles. The first-order valence-electron chi connectivity index (χ1n) is 6.30. The summed E-state index contributed by atoms with van der Waals surface area (Å²) in [6, 6.07) is 5.85. The third kappa shape index (κ3) is 3.82. The topological polar surface area (TPSA) is 81.5 Å². The molecule has 0 saturated heterocycles. The number of nitro benzene ring substituents is 1. The van der Waals surface area contributed by atoms with Gasteiger partial charge in [0.2, 0.25) is 0 Å². The van der Waals surface area contributed by atoms with Gasteiger partial charge in [-0.25, -0.2) is 0 Å². The Morgan fingerprint density at radius 3 is 2.86 bits per heavy atom. The highest BCUT2D eigenvalue weighted by molar-refractivity contribution is 7.07. The van der Waals surface area contributed by atoms with Gasteiger partial charge < -0.3 is 10.1 Å². The van der Waals surface area contributed by atoms with Crippen LogP contribution in [0.15, 0.2) is 35.0 Å². The lowest BCUT2D eigenvalue weighted by Gasteiger charge is -2.15. The number of hydrogen-bond acceptors (Lipinski definition) is 5. The van der Waals surface area contributed by atoms with E-state index < -0.39 is 10.8 Å². The smallest absolute Gasteiger partial charge is 0.288 e. The van der Waals surface area contributed by atoms with Crippen molar-refractivity contribution >= 4 is 34.5 Å². The Hall–Kier alpha value is -1.96. The maximum atomic E-state index is 12.1. The number of benzene rings is 1. The Bertz CT molecular complexity index is 675. The Morgan fingerprint density at radius 1 is 1.50 bits per heavy atom. The molecule has 0 saturated carbocycles. The van der Waals surface area contributed by atoms with E-state index >= 15 is 0 Å². The molecule has 1 N–H and O–H groups in total. The number of ether oxygens (including phenoxy) is 1. The quantitative estimate of drug-likeness (QED) is 0.645. The number of amides is 1. The summed E-state index contributed by atoms with van der Waals surface area (Å²) in [6.07, 6.45) is -0.266. The molecule has 1 aromatic heterocycles. The van der Waals surface area contributed by atoms with Crippen molar-refractivity contribution in [2.75, 3.05) is 13.7 Å². The Balaban J connectivity index is 2.06. The third-order valence-electron chi connectivity index (χ3n) is 3.05. The second-order valence-electron chi connectivity index (χ2n) is 4.41. The summed E-state index contributed by atoms with van der Waals surface area (Å²) >= 11 is 7.26. The van der Waals surface area contributed by atoms with Crippen LogP contribution in [0.4, 0.5) is 5.69 Å². The predicted octanol–water partition coefficient (Wildman–Crippen LogP) is 3.43. The summed E-state index contributed by atoms with van der Waals surface area (Å²) in [5.41, 5.74) is 0.849. The molecule has 2 rings (SSSR count). The van der Waals surface area contributed by atoms with Gasteiger partial charge in [0.1, 0.15) is 11.1 Å². The average Bonchev–Trinajstić information content (AvgIpc) is 3.02. The molecular formula is C14H13ClN2O4S. The average molecular weight is 341 g/mol. The van der Waals surface area contributed by atoms with Crippen molar-refractivity contribution in [2.45, 2.75) is 6.10 Å². The van der Waals surface area contributed by atoms with Crippen LogP contribution >= 0.6 is 22.9 Å². The normalized spacial score (nSPS) is 11.9. The standard InChI is InChI=1S/C14H13ClN2O4S/c1-21-13(10-4-5-22-8-10)7-16-14(18)9-2-3-11(15)12(6-9)17(19)20/h2-6,8,13H,7H2,1H3,(H,16,18). The van der Waals surface area contributed by atoms with E-state index in [1.807, 2.05) is 16.8 Å². The van der Waals surface area contributed by atoms with E-state index in [4.69, 9.17) is 16.3 Å². The fourth-order valence-corrected chi connectivity index (χ4v) is 2.77. The Labute approximate surface area is 135 Å². The second kappa shape index (κ2) is 7.35. The molecule has 8 heteroatoms. The van der Waals surface area contributed by atoms with E-state index in [9.17, 15) is 14.9 Å². The highest BCUT2D eigenvalue weighted by Gasteiger charge is 2.18. The molecule has 1 unspecified atom stereocenters. The number of rotatable bonds is 6. The molecule has 0 radical (unpaired) electrons. The minimum Gasteiger partial charge on any atom is -0.375 e. The highest BCUT2D eigenvalue weighted by atomic mass is 35.5. The van der Waals surface area contributed by atoms with Gasteiger partial charge in [0.05, 0.1) is 4.92 Å². The van der Waals surface area contributed by atoms with Crippen LogP contribution in [0.5, 0.6) is 0 Å². The van der Waals surface area contributed by atoms with Gasteiger partial charge in [-0.15, -0.1) is 0 Å². The van der Waals surface area contributed by atoms with E-state index in [1.165, 1.54) is 23.5 Å². The molecule has 1 amide bonds. The van der Waals surface area contributed by atoms with E-state index in [0.717, 1.165) is 11.6 Å². The number of halogens is 1. The van der Waals surface area contributed by atoms with Crippen molar-refractivity contribution in [3.05, 3.63) is 61.3 Å². The zero-order valence-corrected chi connectivity index (χ0v) is 13.2. The zero-order chi connectivity index (χ0) is 16.1. The summed E-state index contributed by atoms with van der Waals surface area (Å²) in [5.74, 6) is -0.419. The zero-order valence-electron chi connectivity index (χ0n) is 11.6. The first kappa shape index (κ1) is 16.4. The van der Waals surface area contributed by atoms with E-state index in [-0.39, 0.29) is 28.9 Å². The molecule has 6 nitrogen and oxygen atoms in total. The van der Waals surface area contributed by atoms with Gasteiger partial charge >= 0.3 is 0 Å². The summed E-state index contributed by atoms with van der Waals surface area (Å²) in [5, 5.41) is 17.4. The van der Waals surface area contributed by atoms with Gasteiger partial charge in [-0.3, -0.25) is 14.9 Å². The Morgan fingerprint density at radius 2 is 2.27 bits per heavy atom. The van der Waals surface area contributed by atoms with Crippen LogP contribution in [0.1, 0.15) is 22.0 Å². The third-order valence-corrected chi connectivity index (χ3v) is 4.07. The van der Waals surface area contributed by atoms with Gasteiger partial charge in [0, 0.05) is 25.3 Å². The van der Waals surface area contributed by atoms with Crippen molar-refractivity contribution in [3.63, 3.8) is 0 Å². The van der Waals surface area contributed by atoms with Crippen molar-refractivity contribution in [1.29, 1.82) is 0 Å². The lowest BCUT2D eigenvalue weighted by Crippen LogP contribution is -2.29. The van der Waals surface area contributed by atoms with E-state index in [0.29, 0.717) is 0 Å². The molecule has 1 aromatic carbocycles. The summed E-state index contributed by atoms with van der Waals surface area (Å²) in [6.45, 7) is 0.266. The van der Waals surface area contributed by atoms with Crippen LogP contribution < -0.4 is 5.32 Å². The van der Waals surface area contributed by atoms with Gasteiger partial charge in [0.25, 0.3) is 11.6 Å². The van der Waals surface area contributed by atoms with Crippen LogP contribution in [0, 0.1) is 10.1 Å². The first-order valence-corrected chi connectivity index (χ1v) is 7.62. The summed E-state index contributed by atoms with van der Waals surface area (Å²) in [4.78, 5) is 22.3. The van der Waals surface area contributed by atoms with Crippen LogP contribution in [0.25, 0.3) is 0 Å². The second-order valence-corrected chi connectivity index (χ2v) is 5.60. The summed E-state index contributed by atoms with van der Waals surface area (Å²) in [7, 11) is 1.56. The number of nitrogens with one attached hydrogen (secondary N) is 1. The maximum Gasteiger partial charge on any atom is 0.288 e. The van der Waals surface area contributed by atoms with Gasteiger partial charge in [-0.1, -0.05) is 11.6 Å². The van der Waals surface area contributed by atoms with E-state index in [1.54, 1.807) is 7.11 Å². The first-order chi connectivity index (χ1) is 10.5. The van der Waals surface area contributed by atoms with Crippen molar-refractivity contribution in [3.8, 4) is 0 Å². The number of thiophene rings is 1. The van der Waals surface area contributed by atoms with Gasteiger partial charge in [-0.05, 0) is 34.5 Å². The largest absolute Gasteiger partial charge is 0.375 e. The number of carbonyl (C=O) groups excluding carboxylic acids is 1. The number of nitro groups is 1. The molecule has 22 heavy (non-hydrogen) atoms. The minimum atomic E-state index is -0.623. The predicted molar refractivity (Wildman–Crippen MR) is 84.5 cm³/mol. The number of carbonyl (C=O) groups is 1. The van der Waals surface area contributed by atoms with Crippen LogP contribution in [0.3, 0.4) is 0 Å². The lowest BCUT2D eigenvalue weighted by atomic mass is 10.1. The molecule has 0 aliphatic heterocycles. The minimum absolute atomic E-state index is 0.00501. The summed E-state index contributed by atoms with van der Waals surface area (Å²) < 4.78 is 5.32. The molecule has 0 aliphatic rings. The molecule has 1 atom stereocenters. The molecule has 116 valence electrons. The lowest BCUT2D eigenvalue weighted by molar-refractivity contribution is -0.384. The number of hydrogen-bond donors (Lipinski definition) is 1. The van der Waals surface area contributed by atoms with Gasteiger partial charge in [-0.2, -0.15) is 11.3 Å². The Kier molecular flexibility index (Phi) is 5.48. The molecule has 0 fully saturated rings. The van der Waals surface area contributed by atoms with Gasteiger partial charge in [0.15, 0.2) is 0 Å². The van der Waals surface area contributed by atoms with Crippen LogP contribution in [-0.4, -0.2) is 24.5 Å². The maximum absolute atomic E-state index is 12.1. The highest BCUT2D eigenvalue weighted by Crippen LogP contribution is 2.25. The molecule has 0 spiro atoms. The number of nitrogens with zero attached hydrogens (tertiary/aromatic N) is 1. The fourth-order valence-electron chi connectivity index (χ4n) is 1.88. The SMILES string of the molecule is COC(CNC(=O)c1ccc(Cl)c([N+](=O)[O-])c1)c1ccsc1. The van der Waals surface area contributed by atoms with Crippen molar-refractivity contribution in [1.82, 2.24) is 5.32 Å². The number of methoxy groups -OCH3 is 1. The van der Waals surface area contributed by atoms with Crippen LogP contribution in [0.2, 0.25) is 5.02 Å². The molecular weight excluding hydrogens is 328 g/mol. The van der Waals surface area contributed by atoms with Crippen LogP contribution in [-0.2, 0) is 4.74 Å². The van der Waals surface area contributed by atoms with E-state index in [2.05, 4.69) is 5.32 Å². The van der Waals surface area contributed by atoms with Crippen molar-refractivity contribution < 1.29 is 14.5 Å². The molecule has 0 aliphatic carbocycles. The monoisotopic (exact) mass is 340 g/mol. The van der Waals surface area contributed by atoms with Crippen molar-refractivity contribution in [2.24, 2.45) is 0 Å². The fraction of sp³-hybridized carbons (Fsp3) is 0.214. The molecule has 2 aromatic rings.